The van der Waals surface area contributed by atoms with Crippen LogP contribution in [0.2, 0.25) is 0 Å². The molecular formula is C57H36. The highest BCUT2D eigenvalue weighted by Gasteiger charge is 2.41. The highest BCUT2D eigenvalue weighted by Crippen LogP contribution is 2.63. The predicted octanol–water partition coefficient (Wildman–Crippen LogP) is 14.9. The molecule has 0 amide bonds. The molecule has 0 nitrogen and oxygen atoms in total. The van der Waals surface area contributed by atoms with Crippen LogP contribution in [-0.4, -0.2) is 0 Å². The van der Waals surface area contributed by atoms with Crippen LogP contribution in [0.25, 0.3) is 99.1 Å². The lowest BCUT2D eigenvalue weighted by atomic mass is 9.82. The van der Waals surface area contributed by atoms with Crippen LogP contribution in [0.3, 0.4) is 0 Å². The molecular weight excluding hydrogens is 685 g/mol. The van der Waals surface area contributed by atoms with Crippen LogP contribution in [0.15, 0.2) is 182 Å². The van der Waals surface area contributed by atoms with E-state index < -0.39 is 0 Å². The van der Waals surface area contributed by atoms with Crippen LogP contribution in [0.1, 0.15) is 33.4 Å². The predicted molar refractivity (Wildman–Crippen MR) is 240 cm³/mol. The van der Waals surface area contributed by atoms with E-state index in [2.05, 4.69) is 182 Å². The summed E-state index contributed by atoms with van der Waals surface area (Å²) in [4.78, 5) is 0. The van der Waals surface area contributed by atoms with E-state index in [1.54, 1.807) is 0 Å². The van der Waals surface area contributed by atoms with Gasteiger partial charge in [-0.3, -0.25) is 0 Å². The molecule has 0 unspecified atom stereocenters. The van der Waals surface area contributed by atoms with Crippen molar-refractivity contribution in [3.05, 3.63) is 215 Å². The lowest BCUT2D eigenvalue weighted by Crippen LogP contribution is -1.99. The minimum atomic E-state index is 0.898. The van der Waals surface area contributed by atoms with Gasteiger partial charge in [-0.05, 0) is 152 Å². The summed E-state index contributed by atoms with van der Waals surface area (Å²) in [5.74, 6) is 0. The number of hydrogen-bond donors (Lipinski definition) is 0. The largest absolute Gasteiger partial charge is 0.0622 e. The first-order chi connectivity index (χ1) is 28.3. The molecule has 0 saturated carbocycles. The molecule has 0 spiro atoms. The second kappa shape index (κ2) is 11.7. The molecule has 13 rings (SSSR count). The second-order valence-electron chi connectivity index (χ2n) is 16.1. The summed E-state index contributed by atoms with van der Waals surface area (Å²) in [5.41, 5.74) is 25.1. The molecule has 57 heavy (non-hydrogen) atoms. The van der Waals surface area contributed by atoms with Gasteiger partial charge in [0.2, 0.25) is 0 Å². The third-order valence-electron chi connectivity index (χ3n) is 13.3. The zero-order valence-electron chi connectivity index (χ0n) is 31.4. The normalized spacial score (nSPS) is 13.1. The molecule has 0 radical (unpaired) electrons. The van der Waals surface area contributed by atoms with Crippen LogP contribution >= 0.6 is 0 Å². The summed E-state index contributed by atoms with van der Waals surface area (Å²) in [6.45, 7) is 0. The summed E-state index contributed by atoms with van der Waals surface area (Å²) < 4.78 is 0. The Morgan fingerprint density at radius 3 is 0.456 bits per heavy atom. The van der Waals surface area contributed by atoms with Gasteiger partial charge in [-0.1, -0.05) is 182 Å². The average molecular weight is 721 g/mol. The van der Waals surface area contributed by atoms with E-state index in [4.69, 9.17) is 0 Å². The molecule has 0 aliphatic heterocycles. The Balaban J connectivity index is 1.31. The molecule has 10 aromatic rings. The Bertz CT molecular complexity index is 2680. The SMILES string of the molecule is c1ccc(-c2c(-c3ccccc3)c3c4c5c2Cc2c(-c6ccccc6)c(-c6ccccc6)c6c(c25)c2c(c(-c5ccccc5)c(-c5ccccc5)c(c42)C3)C6)cc1. The molecule has 264 valence electrons. The van der Waals surface area contributed by atoms with Crippen molar-refractivity contribution in [3.63, 3.8) is 0 Å². The molecule has 10 aromatic carbocycles. The first kappa shape index (κ1) is 31.2. The first-order valence-electron chi connectivity index (χ1n) is 20.3. The van der Waals surface area contributed by atoms with Gasteiger partial charge in [-0.15, -0.1) is 0 Å². The highest BCUT2D eigenvalue weighted by atomic mass is 14.4. The lowest BCUT2D eigenvalue weighted by Gasteiger charge is -2.20. The highest BCUT2D eigenvalue weighted by molar-refractivity contribution is 6.38. The zero-order valence-corrected chi connectivity index (χ0v) is 31.4. The smallest absolute Gasteiger partial charge is 0.0000205 e. The van der Waals surface area contributed by atoms with Crippen LogP contribution in [-0.2, 0) is 19.3 Å². The van der Waals surface area contributed by atoms with Gasteiger partial charge in [0.15, 0.2) is 0 Å². The molecule has 0 fully saturated rings. The Kier molecular flexibility index (Phi) is 6.43. The fourth-order valence-corrected chi connectivity index (χ4v) is 11.3. The van der Waals surface area contributed by atoms with Gasteiger partial charge in [-0.25, -0.2) is 0 Å². The lowest BCUT2D eigenvalue weighted by molar-refractivity contribution is 1.24. The minimum Gasteiger partial charge on any atom is -0.0622 e. The van der Waals surface area contributed by atoms with Gasteiger partial charge >= 0.3 is 0 Å². The van der Waals surface area contributed by atoms with Crippen molar-refractivity contribution in [2.24, 2.45) is 0 Å². The maximum atomic E-state index is 2.34. The van der Waals surface area contributed by atoms with Crippen molar-refractivity contribution in [1.29, 1.82) is 0 Å². The maximum Gasteiger partial charge on any atom is -0.0000205 e. The summed E-state index contributed by atoms with van der Waals surface area (Å²) in [6, 6.07) is 67.7. The average Bonchev–Trinajstić information content (AvgIpc) is 3.99. The van der Waals surface area contributed by atoms with Gasteiger partial charge in [0.25, 0.3) is 0 Å². The quantitative estimate of drug-likeness (QED) is 0.150. The van der Waals surface area contributed by atoms with E-state index >= 15 is 0 Å². The van der Waals surface area contributed by atoms with Crippen molar-refractivity contribution in [1.82, 2.24) is 0 Å². The van der Waals surface area contributed by atoms with Gasteiger partial charge < -0.3 is 0 Å². The molecule has 0 saturated heterocycles. The monoisotopic (exact) mass is 720 g/mol. The molecule has 0 heteroatoms. The summed E-state index contributed by atoms with van der Waals surface area (Å²) in [6.07, 6.45) is 2.69. The van der Waals surface area contributed by atoms with Crippen molar-refractivity contribution in [2.45, 2.75) is 19.3 Å². The molecule has 0 heterocycles. The third kappa shape index (κ3) is 4.17. The molecule has 3 aliphatic carbocycles. The van der Waals surface area contributed by atoms with Gasteiger partial charge in [0.05, 0.1) is 0 Å². The van der Waals surface area contributed by atoms with Crippen LogP contribution in [0, 0.1) is 0 Å². The van der Waals surface area contributed by atoms with Crippen molar-refractivity contribution < 1.29 is 0 Å². The van der Waals surface area contributed by atoms with E-state index in [0.717, 1.165) is 19.3 Å². The Morgan fingerprint density at radius 2 is 0.316 bits per heavy atom. The Morgan fingerprint density at radius 1 is 0.175 bits per heavy atom. The van der Waals surface area contributed by atoms with E-state index in [9.17, 15) is 0 Å². The van der Waals surface area contributed by atoms with Crippen molar-refractivity contribution >= 4 is 32.3 Å². The summed E-state index contributed by atoms with van der Waals surface area (Å²) >= 11 is 0. The van der Waals surface area contributed by atoms with Gasteiger partial charge in [0.1, 0.15) is 0 Å². The third-order valence-corrected chi connectivity index (χ3v) is 13.3. The van der Waals surface area contributed by atoms with Gasteiger partial charge in [0, 0.05) is 0 Å². The van der Waals surface area contributed by atoms with Crippen molar-refractivity contribution in [2.75, 3.05) is 0 Å². The molecule has 3 aliphatic rings. The van der Waals surface area contributed by atoms with E-state index in [1.165, 1.54) is 132 Å². The summed E-state index contributed by atoms with van der Waals surface area (Å²) in [5, 5.41) is 8.98. The van der Waals surface area contributed by atoms with Crippen LogP contribution < -0.4 is 0 Å². The van der Waals surface area contributed by atoms with Crippen LogP contribution in [0.4, 0.5) is 0 Å². The molecule has 0 aromatic heterocycles. The number of rotatable bonds is 6. The molecule has 0 atom stereocenters. The Hall–Kier alpha value is -7.02. The Labute approximate surface area is 332 Å². The fourth-order valence-electron chi connectivity index (χ4n) is 11.3. The number of hydrogen-bond acceptors (Lipinski definition) is 0. The maximum absolute atomic E-state index is 2.34. The molecule has 0 N–H and O–H groups in total. The number of benzene rings is 10. The summed E-state index contributed by atoms with van der Waals surface area (Å²) in [7, 11) is 0. The fraction of sp³-hybridized carbons (Fsp3) is 0.0526. The van der Waals surface area contributed by atoms with Gasteiger partial charge in [-0.2, -0.15) is 0 Å². The second-order valence-corrected chi connectivity index (χ2v) is 16.1. The van der Waals surface area contributed by atoms with Crippen LogP contribution in [0.5, 0.6) is 0 Å². The zero-order chi connectivity index (χ0) is 37.2. The standard InChI is InChI=1S/C57H36/c1-7-19-34(20-8-1)46-40-31-42-48(36-23-11-3-12-24-36)50(38-27-15-5-16-28-38)44-33-45-51(39-29-17-6-18-30-39)49(37-25-13-4-14-26-37)43-32-41(47(46)35-21-9-2-10-22-35)53-52(40)54(42)56(44)57(45)55(43)53/h1-30H,31-33H2. The van der Waals surface area contributed by atoms with E-state index in [0.29, 0.717) is 0 Å². The minimum absolute atomic E-state index is 0.898. The van der Waals surface area contributed by atoms with E-state index in [-0.39, 0.29) is 0 Å². The van der Waals surface area contributed by atoms with E-state index in [1.807, 2.05) is 0 Å². The topological polar surface area (TPSA) is 0 Å². The first-order valence-corrected chi connectivity index (χ1v) is 20.3. The molecule has 0 bridgehead atoms. The van der Waals surface area contributed by atoms with Crippen molar-refractivity contribution in [3.8, 4) is 66.8 Å².